The number of carboxylic acid groups (broad SMARTS) is 1. The normalized spacial score (nSPS) is 21.1. The number of amides is 1. The van der Waals surface area contributed by atoms with Crippen molar-refractivity contribution in [3.63, 3.8) is 0 Å². The molecule has 0 aromatic heterocycles. The summed E-state index contributed by atoms with van der Waals surface area (Å²) in [6.07, 6.45) is -2.41. The van der Waals surface area contributed by atoms with E-state index in [1.807, 2.05) is 37.3 Å². The molecule has 0 saturated carbocycles. The summed E-state index contributed by atoms with van der Waals surface area (Å²) in [5, 5.41) is 21.8. The summed E-state index contributed by atoms with van der Waals surface area (Å²) in [6, 6.07) is 21.5. The SMILES string of the molecule is CC(=O)OC(C)C(=O)Nc1cccc(C2OC(CSc3ccccc3C(=O)O)C(C)C(c3ccc(CO)cc3)O2)c1. The number of carboxylic acids is 1. The monoisotopic (exact) mass is 579 g/mol. The quantitative estimate of drug-likeness (QED) is 0.215. The van der Waals surface area contributed by atoms with Gasteiger partial charge in [-0.25, -0.2) is 4.79 Å². The molecule has 5 atom stereocenters. The van der Waals surface area contributed by atoms with Crippen molar-refractivity contribution in [3.05, 3.63) is 95.1 Å². The van der Waals surface area contributed by atoms with Crippen molar-refractivity contribution in [1.82, 2.24) is 0 Å². The van der Waals surface area contributed by atoms with Crippen LogP contribution in [0, 0.1) is 5.92 Å². The zero-order valence-corrected chi connectivity index (χ0v) is 23.8. The average molecular weight is 580 g/mol. The van der Waals surface area contributed by atoms with Crippen LogP contribution in [0.3, 0.4) is 0 Å². The Morgan fingerprint density at radius 1 is 1.00 bits per heavy atom. The molecule has 1 fully saturated rings. The van der Waals surface area contributed by atoms with Gasteiger partial charge in [0.2, 0.25) is 0 Å². The van der Waals surface area contributed by atoms with Gasteiger partial charge in [0, 0.05) is 34.7 Å². The predicted molar refractivity (Wildman–Crippen MR) is 153 cm³/mol. The molecule has 41 heavy (non-hydrogen) atoms. The van der Waals surface area contributed by atoms with Crippen molar-refractivity contribution < 1.29 is 38.8 Å². The van der Waals surface area contributed by atoms with E-state index in [2.05, 4.69) is 5.32 Å². The van der Waals surface area contributed by atoms with Gasteiger partial charge in [-0.3, -0.25) is 9.59 Å². The van der Waals surface area contributed by atoms with Crippen LogP contribution in [0.4, 0.5) is 5.69 Å². The Morgan fingerprint density at radius 3 is 2.41 bits per heavy atom. The van der Waals surface area contributed by atoms with Crippen LogP contribution in [-0.4, -0.2) is 46.0 Å². The van der Waals surface area contributed by atoms with E-state index < -0.39 is 30.2 Å². The number of nitrogens with one attached hydrogen (secondary N) is 1. The number of thioether (sulfide) groups is 1. The van der Waals surface area contributed by atoms with Gasteiger partial charge in [-0.1, -0.05) is 55.5 Å². The first kappa shape index (κ1) is 30.3. The van der Waals surface area contributed by atoms with E-state index in [0.29, 0.717) is 21.9 Å². The molecule has 0 radical (unpaired) electrons. The van der Waals surface area contributed by atoms with Crippen LogP contribution in [0.2, 0.25) is 0 Å². The van der Waals surface area contributed by atoms with E-state index >= 15 is 0 Å². The Labute approximate surface area is 242 Å². The lowest BCUT2D eigenvalue weighted by atomic mass is 9.91. The van der Waals surface area contributed by atoms with Crippen molar-refractivity contribution in [3.8, 4) is 0 Å². The molecule has 0 aliphatic carbocycles. The fraction of sp³-hybridized carbons (Fsp3) is 0.323. The third-order valence-corrected chi connectivity index (χ3v) is 7.94. The van der Waals surface area contributed by atoms with Crippen molar-refractivity contribution in [2.75, 3.05) is 11.1 Å². The molecule has 1 aliphatic heterocycles. The smallest absolute Gasteiger partial charge is 0.336 e. The lowest BCUT2D eigenvalue weighted by Crippen LogP contribution is -2.38. The number of aliphatic hydroxyl groups is 1. The molecule has 3 aromatic carbocycles. The van der Waals surface area contributed by atoms with Crippen molar-refractivity contribution in [2.24, 2.45) is 5.92 Å². The molecule has 1 saturated heterocycles. The van der Waals surface area contributed by atoms with Gasteiger partial charge in [0.05, 0.1) is 24.4 Å². The fourth-order valence-electron chi connectivity index (χ4n) is 4.56. The van der Waals surface area contributed by atoms with Gasteiger partial charge < -0.3 is 29.7 Å². The van der Waals surface area contributed by atoms with Crippen molar-refractivity contribution in [2.45, 2.75) is 56.9 Å². The number of anilines is 1. The van der Waals surface area contributed by atoms with E-state index in [1.54, 1.807) is 42.5 Å². The third kappa shape index (κ3) is 7.74. The van der Waals surface area contributed by atoms with Crippen LogP contribution in [0.25, 0.3) is 0 Å². The Hall–Kier alpha value is -3.70. The minimum atomic E-state index is -0.990. The summed E-state index contributed by atoms with van der Waals surface area (Å²) in [7, 11) is 0. The lowest BCUT2D eigenvalue weighted by molar-refractivity contribution is -0.268. The van der Waals surface area contributed by atoms with Gasteiger partial charge >= 0.3 is 11.9 Å². The zero-order chi connectivity index (χ0) is 29.5. The van der Waals surface area contributed by atoms with E-state index in [1.165, 1.54) is 25.6 Å². The van der Waals surface area contributed by atoms with Crippen LogP contribution in [-0.2, 0) is 30.4 Å². The van der Waals surface area contributed by atoms with E-state index in [4.69, 9.17) is 14.2 Å². The lowest BCUT2D eigenvalue weighted by Gasteiger charge is -2.41. The maximum absolute atomic E-state index is 12.5. The summed E-state index contributed by atoms with van der Waals surface area (Å²) in [5.74, 6) is -1.62. The highest BCUT2D eigenvalue weighted by molar-refractivity contribution is 7.99. The number of aliphatic hydroxyl groups excluding tert-OH is 1. The first-order valence-corrected chi connectivity index (χ1v) is 14.2. The second-order valence-corrected chi connectivity index (χ2v) is 10.9. The molecule has 0 spiro atoms. The molecule has 1 amide bonds. The number of carbonyl (C=O) groups is 3. The maximum Gasteiger partial charge on any atom is 0.336 e. The molecule has 1 aliphatic rings. The summed E-state index contributed by atoms with van der Waals surface area (Å²) >= 11 is 1.41. The van der Waals surface area contributed by atoms with Crippen LogP contribution in [0.15, 0.2) is 77.7 Å². The zero-order valence-electron chi connectivity index (χ0n) is 23.0. The topological polar surface area (TPSA) is 131 Å². The number of carbonyl (C=O) groups excluding carboxylic acids is 2. The third-order valence-electron chi connectivity index (χ3n) is 6.78. The number of benzene rings is 3. The standard InChI is InChI=1S/C31H33NO8S/c1-18-26(17-41-27-10-5-4-9-25(27)30(36)37)39-31(40-28(18)22-13-11-21(16-33)12-14-22)23-7-6-8-24(15-23)32-29(35)19(2)38-20(3)34/h4-15,18-19,26,28,31,33H,16-17H2,1-3H3,(H,32,35)(H,36,37). The second kappa shape index (κ2) is 13.8. The van der Waals surface area contributed by atoms with Gasteiger partial charge in [0.1, 0.15) is 0 Å². The van der Waals surface area contributed by atoms with Crippen molar-refractivity contribution in [1.29, 1.82) is 0 Å². The molecule has 4 rings (SSSR count). The maximum atomic E-state index is 12.5. The molecule has 9 nitrogen and oxygen atoms in total. The van der Waals surface area contributed by atoms with Crippen LogP contribution in [0.5, 0.6) is 0 Å². The Balaban J connectivity index is 1.59. The summed E-state index contributed by atoms with van der Waals surface area (Å²) in [5.41, 5.74) is 3.10. The van der Waals surface area contributed by atoms with Crippen LogP contribution < -0.4 is 5.32 Å². The molecule has 3 N–H and O–H groups in total. The van der Waals surface area contributed by atoms with Gasteiger partial charge in [-0.2, -0.15) is 0 Å². The highest BCUT2D eigenvalue weighted by atomic mass is 32.2. The van der Waals surface area contributed by atoms with E-state index in [0.717, 1.165) is 11.1 Å². The van der Waals surface area contributed by atoms with Crippen LogP contribution >= 0.6 is 11.8 Å². The molecule has 1 heterocycles. The first-order valence-electron chi connectivity index (χ1n) is 13.2. The predicted octanol–water partition coefficient (Wildman–Crippen LogP) is 5.35. The van der Waals surface area contributed by atoms with Gasteiger partial charge in [-0.15, -0.1) is 11.8 Å². The Kier molecular flexibility index (Phi) is 10.2. The Bertz CT molecular complexity index is 1380. The minimum Gasteiger partial charge on any atom is -0.478 e. The van der Waals surface area contributed by atoms with E-state index in [-0.39, 0.29) is 30.3 Å². The molecule has 216 valence electrons. The first-order chi connectivity index (χ1) is 19.7. The summed E-state index contributed by atoms with van der Waals surface area (Å²) < 4.78 is 17.9. The average Bonchev–Trinajstić information content (AvgIpc) is 2.96. The fourth-order valence-corrected chi connectivity index (χ4v) is 5.77. The van der Waals surface area contributed by atoms with E-state index in [9.17, 15) is 24.6 Å². The van der Waals surface area contributed by atoms with Gasteiger partial charge in [0.15, 0.2) is 12.4 Å². The molecule has 0 bridgehead atoms. The van der Waals surface area contributed by atoms with Crippen molar-refractivity contribution >= 4 is 35.3 Å². The van der Waals surface area contributed by atoms with Gasteiger partial charge in [0.25, 0.3) is 5.91 Å². The highest BCUT2D eigenvalue weighted by Crippen LogP contribution is 2.43. The molecule has 10 heteroatoms. The number of ether oxygens (including phenoxy) is 3. The number of hydrogen-bond donors (Lipinski definition) is 3. The molecular weight excluding hydrogens is 546 g/mol. The second-order valence-electron chi connectivity index (χ2n) is 9.80. The minimum absolute atomic E-state index is 0.0655. The summed E-state index contributed by atoms with van der Waals surface area (Å²) in [4.78, 5) is 36.1. The highest BCUT2D eigenvalue weighted by Gasteiger charge is 2.38. The number of hydrogen-bond acceptors (Lipinski definition) is 8. The summed E-state index contributed by atoms with van der Waals surface area (Å²) in [6.45, 7) is 4.70. The largest absolute Gasteiger partial charge is 0.478 e. The van der Waals surface area contributed by atoms with Crippen LogP contribution in [0.1, 0.15) is 60.2 Å². The molecule has 5 unspecified atom stereocenters. The van der Waals surface area contributed by atoms with Gasteiger partial charge in [-0.05, 0) is 42.3 Å². The number of aromatic carboxylic acids is 1. The Morgan fingerprint density at radius 2 is 1.73 bits per heavy atom. The number of esters is 1. The molecule has 3 aromatic rings. The molecular formula is C31H33NO8S. The number of rotatable bonds is 10.